The van der Waals surface area contributed by atoms with Gasteiger partial charge in [0.2, 0.25) is 5.88 Å². The molecule has 3 heterocycles. The quantitative estimate of drug-likeness (QED) is 0.868. The van der Waals surface area contributed by atoms with Gasteiger partial charge in [-0.05, 0) is 25.0 Å². The van der Waals surface area contributed by atoms with Crippen LogP contribution in [0.15, 0.2) is 12.1 Å². The number of pyridine rings is 1. The predicted molar refractivity (Wildman–Crippen MR) is 73.7 cm³/mol. The second-order valence-corrected chi connectivity index (χ2v) is 5.08. The van der Waals surface area contributed by atoms with Crippen molar-refractivity contribution in [2.24, 2.45) is 0 Å². The van der Waals surface area contributed by atoms with Crippen molar-refractivity contribution in [1.82, 2.24) is 10.3 Å². The number of hydrogen-bond acceptors (Lipinski definition) is 5. The highest BCUT2D eigenvalue weighted by molar-refractivity contribution is 5.44. The number of piperidine rings is 1. The van der Waals surface area contributed by atoms with E-state index in [2.05, 4.69) is 27.3 Å². The van der Waals surface area contributed by atoms with E-state index in [-0.39, 0.29) is 0 Å². The number of methoxy groups -OCH3 is 1. The molecule has 0 spiro atoms. The second kappa shape index (κ2) is 5.75. The average molecular weight is 263 g/mol. The number of nitrogens with zero attached hydrogens (tertiary/aromatic N) is 2. The van der Waals surface area contributed by atoms with Gasteiger partial charge in [0, 0.05) is 38.9 Å². The van der Waals surface area contributed by atoms with Crippen LogP contribution in [-0.4, -0.2) is 44.4 Å². The van der Waals surface area contributed by atoms with Crippen molar-refractivity contribution in [3.8, 4) is 5.88 Å². The van der Waals surface area contributed by atoms with Crippen molar-refractivity contribution < 1.29 is 9.47 Å². The molecule has 0 unspecified atom stereocenters. The Balaban J connectivity index is 1.73. The minimum absolute atomic E-state index is 0.400. The van der Waals surface area contributed by atoms with Crippen LogP contribution in [-0.2, 0) is 11.3 Å². The summed E-state index contributed by atoms with van der Waals surface area (Å²) in [5.41, 5.74) is 1.15. The van der Waals surface area contributed by atoms with E-state index in [1.165, 1.54) is 0 Å². The van der Waals surface area contributed by atoms with Crippen LogP contribution >= 0.6 is 0 Å². The summed E-state index contributed by atoms with van der Waals surface area (Å²) in [6, 6.07) is 4.22. The van der Waals surface area contributed by atoms with Crippen LogP contribution in [0.3, 0.4) is 0 Å². The molecular formula is C14H21N3O2. The van der Waals surface area contributed by atoms with Crippen LogP contribution in [0, 0.1) is 0 Å². The first-order chi connectivity index (χ1) is 9.36. The molecule has 1 aromatic heterocycles. The summed E-state index contributed by atoms with van der Waals surface area (Å²) >= 11 is 0. The smallest absolute Gasteiger partial charge is 0.219 e. The lowest BCUT2D eigenvalue weighted by atomic mass is 10.1. The molecule has 5 nitrogen and oxygen atoms in total. The van der Waals surface area contributed by atoms with E-state index in [1.807, 2.05) is 0 Å². The lowest BCUT2D eigenvalue weighted by Crippen LogP contribution is -2.37. The molecule has 3 rings (SSSR count). The molecule has 0 saturated carbocycles. The molecule has 2 aliphatic heterocycles. The average Bonchev–Trinajstić information content (AvgIpc) is 2.72. The van der Waals surface area contributed by atoms with Crippen molar-refractivity contribution in [2.75, 3.05) is 38.3 Å². The zero-order valence-corrected chi connectivity index (χ0v) is 11.4. The van der Waals surface area contributed by atoms with Crippen LogP contribution in [0.1, 0.15) is 18.4 Å². The molecule has 19 heavy (non-hydrogen) atoms. The molecule has 0 aromatic carbocycles. The Morgan fingerprint density at radius 1 is 1.37 bits per heavy atom. The largest absolute Gasteiger partial charge is 0.476 e. The SMILES string of the molecule is COC1CCN(c2ccc3c(n2)OCCNC3)CC1. The fourth-order valence-electron chi connectivity index (χ4n) is 2.66. The number of aromatic nitrogens is 1. The minimum Gasteiger partial charge on any atom is -0.476 e. The maximum Gasteiger partial charge on any atom is 0.219 e. The van der Waals surface area contributed by atoms with E-state index in [0.717, 1.165) is 56.3 Å². The van der Waals surface area contributed by atoms with E-state index in [1.54, 1.807) is 7.11 Å². The standard InChI is InChI=1S/C14H21N3O2/c1-18-12-4-7-17(8-5-12)13-3-2-11-10-15-6-9-19-14(11)16-13/h2-3,12,15H,4-10H2,1H3. The van der Waals surface area contributed by atoms with Gasteiger partial charge in [-0.2, -0.15) is 4.98 Å². The van der Waals surface area contributed by atoms with Crippen LogP contribution in [0.2, 0.25) is 0 Å². The summed E-state index contributed by atoms with van der Waals surface area (Å²) in [6.45, 7) is 4.42. The van der Waals surface area contributed by atoms with Gasteiger partial charge in [-0.1, -0.05) is 0 Å². The molecule has 0 amide bonds. The Morgan fingerprint density at radius 3 is 3.00 bits per heavy atom. The van der Waals surface area contributed by atoms with E-state index in [0.29, 0.717) is 12.7 Å². The Kier molecular flexibility index (Phi) is 3.84. The second-order valence-electron chi connectivity index (χ2n) is 5.08. The van der Waals surface area contributed by atoms with E-state index >= 15 is 0 Å². The van der Waals surface area contributed by atoms with Gasteiger partial charge in [-0.3, -0.25) is 0 Å². The summed E-state index contributed by atoms with van der Waals surface area (Å²) in [5, 5.41) is 3.32. The number of rotatable bonds is 2. The zero-order valence-electron chi connectivity index (χ0n) is 11.4. The van der Waals surface area contributed by atoms with Crippen LogP contribution in [0.4, 0.5) is 5.82 Å². The summed E-state index contributed by atoms with van der Waals surface area (Å²) in [4.78, 5) is 6.99. The van der Waals surface area contributed by atoms with Crippen molar-refractivity contribution in [3.63, 3.8) is 0 Å². The third-order valence-corrected chi connectivity index (χ3v) is 3.86. The van der Waals surface area contributed by atoms with Gasteiger partial charge in [0.15, 0.2) is 0 Å². The van der Waals surface area contributed by atoms with Crippen molar-refractivity contribution >= 4 is 5.82 Å². The Labute approximate surface area is 113 Å². The highest BCUT2D eigenvalue weighted by Crippen LogP contribution is 2.25. The summed E-state index contributed by atoms with van der Waals surface area (Å²) in [6.07, 6.45) is 2.53. The maximum absolute atomic E-state index is 5.70. The first-order valence-corrected chi connectivity index (χ1v) is 6.98. The zero-order chi connectivity index (χ0) is 13.1. The molecule has 0 radical (unpaired) electrons. The van der Waals surface area contributed by atoms with Crippen LogP contribution in [0.25, 0.3) is 0 Å². The van der Waals surface area contributed by atoms with Crippen LogP contribution < -0.4 is 15.0 Å². The van der Waals surface area contributed by atoms with Gasteiger partial charge in [0.1, 0.15) is 12.4 Å². The summed E-state index contributed by atoms with van der Waals surface area (Å²) in [7, 11) is 1.79. The maximum atomic E-state index is 5.70. The molecule has 1 fully saturated rings. The van der Waals surface area contributed by atoms with Gasteiger partial charge in [-0.15, -0.1) is 0 Å². The van der Waals surface area contributed by atoms with Gasteiger partial charge in [-0.25, -0.2) is 0 Å². The predicted octanol–water partition coefficient (Wildman–Crippen LogP) is 1.18. The molecule has 0 aliphatic carbocycles. The monoisotopic (exact) mass is 263 g/mol. The van der Waals surface area contributed by atoms with Gasteiger partial charge in [0.25, 0.3) is 0 Å². The Bertz CT molecular complexity index is 431. The van der Waals surface area contributed by atoms with Gasteiger partial charge >= 0.3 is 0 Å². The summed E-state index contributed by atoms with van der Waals surface area (Å²) < 4.78 is 11.1. The molecule has 1 N–H and O–H groups in total. The van der Waals surface area contributed by atoms with Crippen molar-refractivity contribution in [1.29, 1.82) is 0 Å². The topological polar surface area (TPSA) is 46.6 Å². The van der Waals surface area contributed by atoms with Crippen LogP contribution in [0.5, 0.6) is 5.88 Å². The third-order valence-electron chi connectivity index (χ3n) is 3.86. The molecule has 1 saturated heterocycles. The number of anilines is 1. The summed E-state index contributed by atoms with van der Waals surface area (Å²) in [5.74, 6) is 1.81. The number of nitrogens with one attached hydrogen (secondary N) is 1. The minimum atomic E-state index is 0.400. The normalized spacial score (nSPS) is 20.6. The first-order valence-electron chi connectivity index (χ1n) is 6.98. The Morgan fingerprint density at radius 2 is 2.21 bits per heavy atom. The molecule has 5 heteroatoms. The molecular weight excluding hydrogens is 242 g/mol. The van der Waals surface area contributed by atoms with Gasteiger partial charge in [0.05, 0.1) is 6.10 Å². The van der Waals surface area contributed by atoms with E-state index in [4.69, 9.17) is 9.47 Å². The Hall–Kier alpha value is -1.33. The van der Waals surface area contributed by atoms with E-state index in [9.17, 15) is 0 Å². The highest BCUT2D eigenvalue weighted by Gasteiger charge is 2.21. The lowest BCUT2D eigenvalue weighted by molar-refractivity contribution is 0.0818. The molecule has 1 aromatic rings. The highest BCUT2D eigenvalue weighted by atomic mass is 16.5. The van der Waals surface area contributed by atoms with Gasteiger partial charge < -0.3 is 19.7 Å². The molecule has 2 aliphatic rings. The molecule has 104 valence electrons. The van der Waals surface area contributed by atoms with Crippen molar-refractivity contribution in [3.05, 3.63) is 17.7 Å². The third kappa shape index (κ3) is 2.82. The lowest BCUT2D eigenvalue weighted by Gasteiger charge is -2.32. The fourth-order valence-corrected chi connectivity index (χ4v) is 2.66. The molecule has 0 atom stereocenters. The molecule has 0 bridgehead atoms. The number of ether oxygens (including phenoxy) is 2. The number of hydrogen-bond donors (Lipinski definition) is 1. The number of fused-ring (bicyclic) bond motifs is 1. The van der Waals surface area contributed by atoms with Crippen molar-refractivity contribution in [2.45, 2.75) is 25.5 Å². The first kappa shape index (κ1) is 12.7. The van der Waals surface area contributed by atoms with E-state index < -0.39 is 0 Å². The fraction of sp³-hybridized carbons (Fsp3) is 0.643.